The van der Waals surface area contributed by atoms with Crippen LogP contribution < -0.4 is 10.6 Å². The Morgan fingerprint density at radius 1 is 1.10 bits per heavy atom. The largest absolute Gasteiger partial charge is 0.452 e. The van der Waals surface area contributed by atoms with Gasteiger partial charge in [-0.25, -0.2) is 9.78 Å². The summed E-state index contributed by atoms with van der Waals surface area (Å²) >= 11 is 0. The zero-order chi connectivity index (χ0) is 21.6. The van der Waals surface area contributed by atoms with E-state index in [4.69, 9.17) is 4.74 Å². The molecule has 0 spiro atoms. The number of anilines is 2. The molecule has 0 aliphatic heterocycles. The van der Waals surface area contributed by atoms with Crippen LogP contribution in [0.25, 0.3) is 0 Å². The van der Waals surface area contributed by atoms with E-state index in [9.17, 15) is 22.8 Å². The molecule has 0 unspecified atom stereocenters. The Kier molecular flexibility index (Phi) is 6.91. The second-order valence-electron chi connectivity index (χ2n) is 7.08. The summed E-state index contributed by atoms with van der Waals surface area (Å²) in [5.74, 6) is -1.14. The average Bonchev–Trinajstić information content (AvgIpc) is 2.73. The molecule has 0 radical (unpaired) electrons. The van der Waals surface area contributed by atoms with Crippen LogP contribution in [0.1, 0.15) is 48.0 Å². The molecule has 2 aromatic rings. The number of halogens is 3. The van der Waals surface area contributed by atoms with E-state index in [1.807, 2.05) is 0 Å². The molecule has 9 heteroatoms. The molecule has 30 heavy (non-hydrogen) atoms. The lowest BCUT2D eigenvalue weighted by molar-refractivity contribution is -0.137. The first-order valence-electron chi connectivity index (χ1n) is 9.69. The zero-order valence-electron chi connectivity index (χ0n) is 16.2. The number of hydrogen-bond donors (Lipinski definition) is 2. The van der Waals surface area contributed by atoms with Crippen molar-refractivity contribution in [1.29, 1.82) is 0 Å². The summed E-state index contributed by atoms with van der Waals surface area (Å²) in [6.45, 7) is -0.437. The number of benzene rings is 1. The molecule has 2 N–H and O–H groups in total. The van der Waals surface area contributed by atoms with Gasteiger partial charge in [0.1, 0.15) is 11.4 Å². The molecule has 1 heterocycles. The summed E-state index contributed by atoms with van der Waals surface area (Å²) in [4.78, 5) is 28.5. The number of esters is 1. The maximum absolute atomic E-state index is 12.9. The number of alkyl halides is 3. The molecular weight excluding hydrogens is 399 g/mol. The summed E-state index contributed by atoms with van der Waals surface area (Å²) in [5, 5.41) is 5.55. The van der Waals surface area contributed by atoms with Gasteiger partial charge in [-0.05, 0) is 43.2 Å². The van der Waals surface area contributed by atoms with E-state index < -0.39 is 24.3 Å². The van der Waals surface area contributed by atoms with E-state index in [1.54, 1.807) is 0 Å². The van der Waals surface area contributed by atoms with Gasteiger partial charge >= 0.3 is 12.1 Å². The molecule has 6 nitrogen and oxygen atoms in total. The van der Waals surface area contributed by atoms with Crippen molar-refractivity contribution in [3.63, 3.8) is 0 Å². The predicted octanol–water partition coefficient (Wildman–Crippen LogP) is 4.45. The molecule has 160 valence electrons. The lowest BCUT2D eigenvalue weighted by Gasteiger charge is -2.22. The fraction of sp³-hybridized carbons (Fsp3) is 0.381. The van der Waals surface area contributed by atoms with Crippen LogP contribution in [-0.4, -0.2) is 29.5 Å². The highest BCUT2D eigenvalue weighted by molar-refractivity contribution is 5.96. The number of nitrogens with one attached hydrogen (secondary N) is 2. The second-order valence-corrected chi connectivity index (χ2v) is 7.08. The van der Waals surface area contributed by atoms with Crippen LogP contribution in [0.15, 0.2) is 42.6 Å². The van der Waals surface area contributed by atoms with E-state index in [2.05, 4.69) is 15.6 Å². The van der Waals surface area contributed by atoms with Crippen LogP contribution in [0.5, 0.6) is 0 Å². The van der Waals surface area contributed by atoms with Crippen molar-refractivity contribution >= 4 is 23.4 Å². The maximum Gasteiger partial charge on any atom is 0.416 e. The maximum atomic E-state index is 12.9. The summed E-state index contributed by atoms with van der Waals surface area (Å²) in [5.41, 5.74) is -0.695. The number of amides is 1. The van der Waals surface area contributed by atoms with E-state index in [-0.39, 0.29) is 29.0 Å². The second kappa shape index (κ2) is 9.60. The molecule has 1 saturated carbocycles. The molecule has 0 atom stereocenters. The van der Waals surface area contributed by atoms with Gasteiger partial charge in [0.2, 0.25) is 0 Å². The Balaban J connectivity index is 1.63. The molecule has 3 rings (SSSR count). The summed E-state index contributed by atoms with van der Waals surface area (Å²) in [6, 6.07) is 7.56. The van der Waals surface area contributed by atoms with Gasteiger partial charge < -0.3 is 15.4 Å². The highest BCUT2D eigenvalue weighted by Crippen LogP contribution is 2.31. The van der Waals surface area contributed by atoms with Gasteiger partial charge in [-0.15, -0.1) is 0 Å². The Labute approximate surface area is 171 Å². The Hall–Kier alpha value is -3.10. The molecule has 0 bridgehead atoms. The molecule has 1 aliphatic rings. The molecule has 1 amide bonds. The molecular formula is C21H22F3N3O3. The highest BCUT2D eigenvalue weighted by atomic mass is 19.4. The van der Waals surface area contributed by atoms with Crippen molar-refractivity contribution in [3.05, 3.63) is 53.7 Å². The van der Waals surface area contributed by atoms with Gasteiger partial charge in [-0.3, -0.25) is 4.79 Å². The van der Waals surface area contributed by atoms with E-state index >= 15 is 0 Å². The minimum atomic E-state index is -4.49. The number of pyridine rings is 1. The number of nitrogens with zero attached hydrogens (tertiary/aromatic N) is 1. The Morgan fingerprint density at radius 2 is 1.87 bits per heavy atom. The normalized spacial score (nSPS) is 14.8. The number of carbonyl (C=O) groups excluding carboxylic acids is 2. The third kappa shape index (κ3) is 5.95. The van der Waals surface area contributed by atoms with Gasteiger partial charge in [-0.2, -0.15) is 13.2 Å². The SMILES string of the molecule is O=C(COC(=O)c1cccnc1Nc1cccc(C(F)(F)F)c1)NC1CCCCC1. The predicted molar refractivity (Wildman–Crippen MR) is 104 cm³/mol. The Morgan fingerprint density at radius 3 is 2.60 bits per heavy atom. The van der Waals surface area contributed by atoms with Crippen molar-refractivity contribution in [1.82, 2.24) is 10.3 Å². The van der Waals surface area contributed by atoms with Crippen molar-refractivity contribution in [2.75, 3.05) is 11.9 Å². The first-order valence-corrected chi connectivity index (χ1v) is 9.69. The minimum absolute atomic E-state index is 0.0142. The number of hydrogen-bond acceptors (Lipinski definition) is 5. The summed E-state index contributed by atoms with van der Waals surface area (Å²) < 4.78 is 43.8. The topological polar surface area (TPSA) is 80.3 Å². The smallest absolute Gasteiger partial charge is 0.416 e. The average molecular weight is 421 g/mol. The van der Waals surface area contributed by atoms with Crippen LogP contribution in [0.3, 0.4) is 0 Å². The quantitative estimate of drug-likeness (QED) is 0.674. The fourth-order valence-electron chi connectivity index (χ4n) is 3.30. The van der Waals surface area contributed by atoms with E-state index in [1.165, 1.54) is 30.5 Å². The minimum Gasteiger partial charge on any atom is -0.452 e. The van der Waals surface area contributed by atoms with Gasteiger partial charge in [0, 0.05) is 17.9 Å². The highest BCUT2D eigenvalue weighted by Gasteiger charge is 2.30. The van der Waals surface area contributed by atoms with Gasteiger partial charge in [-0.1, -0.05) is 25.3 Å². The molecule has 1 aromatic heterocycles. The standard InChI is InChI=1S/C21H22F3N3O3/c22-21(23,24)14-6-4-9-16(12-14)27-19-17(10-5-11-25-19)20(29)30-13-18(28)26-15-7-2-1-3-8-15/h4-6,9-12,15H,1-3,7-8,13H2,(H,25,27)(H,26,28). The zero-order valence-corrected chi connectivity index (χ0v) is 16.2. The first kappa shape index (κ1) is 21.6. The number of rotatable bonds is 6. The van der Waals surface area contributed by atoms with Gasteiger partial charge in [0.05, 0.1) is 5.56 Å². The first-order chi connectivity index (χ1) is 14.3. The van der Waals surface area contributed by atoms with Crippen molar-refractivity contribution in [2.45, 2.75) is 44.3 Å². The molecule has 0 saturated heterocycles. The number of aromatic nitrogens is 1. The van der Waals surface area contributed by atoms with Crippen LogP contribution >= 0.6 is 0 Å². The van der Waals surface area contributed by atoms with Crippen LogP contribution in [0.2, 0.25) is 0 Å². The summed E-state index contributed by atoms with van der Waals surface area (Å²) in [7, 11) is 0. The summed E-state index contributed by atoms with van der Waals surface area (Å²) in [6.07, 6.45) is 2.00. The lowest BCUT2D eigenvalue weighted by Crippen LogP contribution is -2.38. The molecule has 1 aliphatic carbocycles. The van der Waals surface area contributed by atoms with Gasteiger partial charge in [0.15, 0.2) is 6.61 Å². The monoisotopic (exact) mass is 421 g/mol. The van der Waals surface area contributed by atoms with Crippen LogP contribution in [-0.2, 0) is 15.7 Å². The van der Waals surface area contributed by atoms with Crippen LogP contribution in [0.4, 0.5) is 24.7 Å². The number of carbonyl (C=O) groups is 2. The van der Waals surface area contributed by atoms with E-state index in [0.29, 0.717) is 0 Å². The van der Waals surface area contributed by atoms with Crippen molar-refractivity contribution in [2.24, 2.45) is 0 Å². The third-order valence-electron chi connectivity index (χ3n) is 4.78. The third-order valence-corrected chi connectivity index (χ3v) is 4.78. The van der Waals surface area contributed by atoms with Crippen molar-refractivity contribution in [3.8, 4) is 0 Å². The molecule has 1 aromatic carbocycles. The number of ether oxygens (including phenoxy) is 1. The Bertz CT molecular complexity index is 896. The van der Waals surface area contributed by atoms with Crippen molar-refractivity contribution < 1.29 is 27.5 Å². The molecule has 1 fully saturated rings. The van der Waals surface area contributed by atoms with Crippen LogP contribution in [0, 0.1) is 0 Å². The lowest BCUT2D eigenvalue weighted by atomic mass is 9.95. The van der Waals surface area contributed by atoms with E-state index in [0.717, 1.165) is 44.2 Å². The fourth-order valence-corrected chi connectivity index (χ4v) is 3.30. The van der Waals surface area contributed by atoms with Gasteiger partial charge in [0.25, 0.3) is 5.91 Å².